The molecule has 1 aromatic heterocycles. The van der Waals surface area contributed by atoms with E-state index in [1.807, 2.05) is 17.8 Å². The molecule has 1 aliphatic rings. The highest BCUT2D eigenvalue weighted by Gasteiger charge is 2.13. The van der Waals surface area contributed by atoms with Gasteiger partial charge in [-0.05, 0) is 31.1 Å². The number of furan rings is 1. The van der Waals surface area contributed by atoms with Crippen molar-refractivity contribution in [3.05, 3.63) is 30.2 Å². The van der Waals surface area contributed by atoms with Crippen molar-refractivity contribution in [2.24, 2.45) is 0 Å². The molecule has 104 valence electrons. The number of hydrogen-bond donors (Lipinski definition) is 1. The lowest BCUT2D eigenvalue weighted by Crippen LogP contribution is -2.25. The smallest absolute Gasteiger partial charge is 0.244 e. The van der Waals surface area contributed by atoms with Crippen LogP contribution in [0.25, 0.3) is 6.08 Å². The maximum absolute atomic E-state index is 11.5. The lowest BCUT2D eigenvalue weighted by Gasteiger charge is -2.21. The van der Waals surface area contributed by atoms with Crippen LogP contribution in [0.15, 0.2) is 28.9 Å². The zero-order valence-corrected chi connectivity index (χ0v) is 11.7. The third-order valence-corrected chi connectivity index (χ3v) is 4.25. The van der Waals surface area contributed by atoms with Crippen LogP contribution in [-0.2, 0) is 9.53 Å². The van der Waals surface area contributed by atoms with E-state index < -0.39 is 0 Å². The SMILES string of the molecule is O=C(C=Cc1ccco1)NCCSC1CCOCC1. The summed E-state index contributed by atoms with van der Waals surface area (Å²) in [7, 11) is 0. The molecule has 1 N–H and O–H groups in total. The predicted octanol–water partition coefficient (Wildman–Crippen LogP) is 2.32. The van der Waals surface area contributed by atoms with E-state index in [1.54, 1.807) is 18.4 Å². The topological polar surface area (TPSA) is 51.5 Å². The van der Waals surface area contributed by atoms with Gasteiger partial charge < -0.3 is 14.5 Å². The summed E-state index contributed by atoms with van der Waals surface area (Å²) in [4.78, 5) is 11.5. The summed E-state index contributed by atoms with van der Waals surface area (Å²) in [5.41, 5.74) is 0. The Morgan fingerprint density at radius 3 is 3.05 bits per heavy atom. The first-order valence-corrected chi connectivity index (χ1v) is 7.58. The highest BCUT2D eigenvalue weighted by atomic mass is 32.2. The lowest BCUT2D eigenvalue weighted by atomic mass is 10.2. The van der Waals surface area contributed by atoms with Crippen molar-refractivity contribution in [1.29, 1.82) is 0 Å². The molecule has 1 saturated heterocycles. The summed E-state index contributed by atoms with van der Waals surface area (Å²) in [5.74, 6) is 1.56. The molecule has 2 heterocycles. The van der Waals surface area contributed by atoms with Crippen LogP contribution >= 0.6 is 11.8 Å². The van der Waals surface area contributed by atoms with Crippen molar-refractivity contribution in [2.75, 3.05) is 25.5 Å². The van der Waals surface area contributed by atoms with Crippen LogP contribution in [0.1, 0.15) is 18.6 Å². The Hall–Kier alpha value is -1.20. The van der Waals surface area contributed by atoms with E-state index in [-0.39, 0.29) is 5.91 Å². The van der Waals surface area contributed by atoms with E-state index in [4.69, 9.17) is 9.15 Å². The monoisotopic (exact) mass is 281 g/mol. The second-order valence-corrected chi connectivity index (χ2v) is 5.73. The molecule has 2 rings (SSSR count). The second kappa shape index (κ2) is 8.07. The highest BCUT2D eigenvalue weighted by molar-refractivity contribution is 7.99. The van der Waals surface area contributed by atoms with E-state index in [0.717, 1.165) is 31.8 Å². The predicted molar refractivity (Wildman–Crippen MR) is 77.1 cm³/mol. The third-order valence-electron chi connectivity index (χ3n) is 2.87. The third kappa shape index (κ3) is 5.53. The summed E-state index contributed by atoms with van der Waals surface area (Å²) in [6, 6.07) is 3.60. The van der Waals surface area contributed by atoms with Crippen LogP contribution in [0.3, 0.4) is 0 Å². The molecule has 5 heteroatoms. The van der Waals surface area contributed by atoms with Crippen molar-refractivity contribution < 1.29 is 13.9 Å². The minimum atomic E-state index is -0.0797. The molecule has 0 unspecified atom stereocenters. The fourth-order valence-electron chi connectivity index (χ4n) is 1.85. The zero-order valence-electron chi connectivity index (χ0n) is 10.8. The summed E-state index contributed by atoms with van der Waals surface area (Å²) in [6.07, 6.45) is 7.00. The molecule has 0 bridgehead atoms. The first-order valence-electron chi connectivity index (χ1n) is 6.53. The minimum Gasteiger partial charge on any atom is -0.465 e. The number of ether oxygens (including phenoxy) is 1. The van der Waals surface area contributed by atoms with Gasteiger partial charge in [0, 0.05) is 36.8 Å². The lowest BCUT2D eigenvalue weighted by molar-refractivity contribution is -0.116. The molecular weight excluding hydrogens is 262 g/mol. The van der Waals surface area contributed by atoms with Gasteiger partial charge >= 0.3 is 0 Å². The molecule has 0 saturated carbocycles. The second-order valence-electron chi connectivity index (χ2n) is 4.32. The van der Waals surface area contributed by atoms with Crippen molar-refractivity contribution in [3.8, 4) is 0 Å². The number of carbonyl (C=O) groups excluding carboxylic acids is 1. The molecular formula is C14H19NO3S. The van der Waals surface area contributed by atoms with Gasteiger partial charge in [0.1, 0.15) is 5.76 Å². The number of amides is 1. The summed E-state index contributed by atoms with van der Waals surface area (Å²) in [5, 5.41) is 3.55. The van der Waals surface area contributed by atoms with Crippen molar-refractivity contribution in [1.82, 2.24) is 5.32 Å². The quantitative estimate of drug-likeness (QED) is 0.642. The van der Waals surface area contributed by atoms with Gasteiger partial charge in [-0.1, -0.05) is 0 Å². The Bertz CT molecular complexity index is 397. The van der Waals surface area contributed by atoms with E-state index in [0.29, 0.717) is 17.6 Å². The van der Waals surface area contributed by atoms with Gasteiger partial charge in [-0.25, -0.2) is 0 Å². The van der Waals surface area contributed by atoms with E-state index in [9.17, 15) is 4.79 Å². The molecule has 1 amide bonds. The minimum absolute atomic E-state index is 0.0797. The molecule has 0 aromatic carbocycles. The number of hydrogen-bond acceptors (Lipinski definition) is 4. The summed E-state index contributed by atoms with van der Waals surface area (Å²) < 4.78 is 10.4. The van der Waals surface area contributed by atoms with Crippen molar-refractivity contribution in [3.63, 3.8) is 0 Å². The molecule has 1 aromatic rings. The molecule has 1 aliphatic heterocycles. The Labute approximate surface area is 117 Å². The average Bonchev–Trinajstić information content (AvgIpc) is 2.96. The Balaban J connectivity index is 1.56. The summed E-state index contributed by atoms with van der Waals surface area (Å²) in [6.45, 7) is 2.44. The first-order chi connectivity index (χ1) is 9.34. The van der Waals surface area contributed by atoms with Crippen LogP contribution in [0, 0.1) is 0 Å². The fourth-order valence-corrected chi connectivity index (χ4v) is 2.92. The zero-order chi connectivity index (χ0) is 13.3. The van der Waals surface area contributed by atoms with Crippen LogP contribution in [0.2, 0.25) is 0 Å². The first kappa shape index (κ1) is 14.2. The average molecular weight is 281 g/mol. The van der Waals surface area contributed by atoms with E-state index in [1.165, 1.54) is 6.08 Å². The van der Waals surface area contributed by atoms with E-state index in [2.05, 4.69) is 5.32 Å². The van der Waals surface area contributed by atoms with Crippen molar-refractivity contribution >= 4 is 23.7 Å². The number of rotatable bonds is 6. The standard InChI is InChI=1S/C14H19NO3S/c16-14(4-3-12-2-1-8-18-12)15-7-11-19-13-5-9-17-10-6-13/h1-4,8,13H,5-7,9-11H2,(H,15,16). The molecule has 0 aliphatic carbocycles. The number of nitrogens with one attached hydrogen (secondary N) is 1. The molecule has 0 spiro atoms. The molecule has 4 nitrogen and oxygen atoms in total. The van der Waals surface area contributed by atoms with Gasteiger partial charge in [0.05, 0.1) is 6.26 Å². The molecule has 0 radical (unpaired) electrons. The Morgan fingerprint density at radius 1 is 1.47 bits per heavy atom. The Kier molecular flexibility index (Phi) is 6.04. The number of carbonyl (C=O) groups is 1. The van der Waals surface area contributed by atoms with Crippen molar-refractivity contribution in [2.45, 2.75) is 18.1 Å². The van der Waals surface area contributed by atoms with Gasteiger partial charge in [-0.2, -0.15) is 11.8 Å². The van der Waals surface area contributed by atoms with E-state index >= 15 is 0 Å². The van der Waals surface area contributed by atoms with Gasteiger partial charge in [-0.3, -0.25) is 4.79 Å². The molecule has 19 heavy (non-hydrogen) atoms. The Morgan fingerprint density at radius 2 is 2.32 bits per heavy atom. The normalized spacial score (nSPS) is 16.8. The van der Waals surface area contributed by atoms with Gasteiger partial charge in [-0.15, -0.1) is 0 Å². The fraction of sp³-hybridized carbons (Fsp3) is 0.500. The molecule has 0 atom stereocenters. The number of thioether (sulfide) groups is 1. The summed E-state index contributed by atoms with van der Waals surface area (Å²) >= 11 is 1.92. The van der Waals surface area contributed by atoms with Gasteiger partial charge in [0.15, 0.2) is 0 Å². The highest BCUT2D eigenvalue weighted by Crippen LogP contribution is 2.21. The van der Waals surface area contributed by atoms with Crippen LogP contribution in [0.5, 0.6) is 0 Å². The maximum Gasteiger partial charge on any atom is 0.244 e. The van der Waals surface area contributed by atoms with Gasteiger partial charge in [0.25, 0.3) is 0 Å². The van der Waals surface area contributed by atoms with Crippen LogP contribution in [0.4, 0.5) is 0 Å². The van der Waals surface area contributed by atoms with Crippen LogP contribution < -0.4 is 5.32 Å². The van der Waals surface area contributed by atoms with Gasteiger partial charge in [0.2, 0.25) is 5.91 Å². The van der Waals surface area contributed by atoms with Crippen LogP contribution in [-0.4, -0.2) is 36.7 Å². The largest absolute Gasteiger partial charge is 0.465 e. The molecule has 1 fully saturated rings. The maximum atomic E-state index is 11.5.